The van der Waals surface area contributed by atoms with Crippen molar-refractivity contribution in [3.05, 3.63) is 45.7 Å². The van der Waals surface area contributed by atoms with Crippen LogP contribution >= 0.6 is 11.6 Å². The first kappa shape index (κ1) is 10.4. The number of nitrogens with one attached hydrogen (secondary N) is 1. The van der Waals surface area contributed by atoms with Crippen molar-refractivity contribution in [1.29, 1.82) is 0 Å². The fraction of sp³-hybridized carbons (Fsp3) is 0. The molecule has 16 heavy (non-hydrogen) atoms. The molecule has 0 fully saturated rings. The standard InChI is InChI=1S/C9H6ClN3O3/c10-6-1-7(13(14)15)3-8(2-6)16-9-4-11-12-5-9/h1-5H,(H,11,12). The zero-order valence-corrected chi connectivity index (χ0v) is 8.64. The highest BCUT2D eigenvalue weighted by Crippen LogP contribution is 2.28. The normalized spacial score (nSPS) is 10.1. The number of nitrogens with zero attached hydrogens (tertiary/aromatic N) is 2. The largest absolute Gasteiger partial charge is 0.454 e. The highest BCUT2D eigenvalue weighted by atomic mass is 35.5. The molecule has 0 bridgehead atoms. The van der Waals surface area contributed by atoms with Crippen LogP contribution < -0.4 is 4.74 Å². The van der Waals surface area contributed by atoms with Crippen molar-refractivity contribution < 1.29 is 9.66 Å². The first-order chi connectivity index (χ1) is 7.65. The summed E-state index contributed by atoms with van der Waals surface area (Å²) >= 11 is 5.73. The van der Waals surface area contributed by atoms with Crippen LogP contribution in [0.4, 0.5) is 5.69 Å². The molecule has 7 heteroatoms. The Morgan fingerprint density at radius 1 is 1.38 bits per heavy atom. The molecule has 2 aromatic rings. The fourth-order valence-corrected chi connectivity index (χ4v) is 1.36. The second-order valence-electron chi connectivity index (χ2n) is 2.94. The van der Waals surface area contributed by atoms with E-state index in [2.05, 4.69) is 10.2 Å². The van der Waals surface area contributed by atoms with Crippen LogP contribution in [0, 0.1) is 10.1 Å². The van der Waals surface area contributed by atoms with Crippen LogP contribution in [0.25, 0.3) is 0 Å². The first-order valence-corrected chi connectivity index (χ1v) is 4.64. The third-order valence-electron chi connectivity index (χ3n) is 1.78. The van der Waals surface area contributed by atoms with Crippen molar-refractivity contribution in [3.8, 4) is 11.5 Å². The van der Waals surface area contributed by atoms with E-state index in [0.29, 0.717) is 11.5 Å². The van der Waals surface area contributed by atoms with Gasteiger partial charge < -0.3 is 4.74 Å². The maximum Gasteiger partial charge on any atom is 0.274 e. The lowest BCUT2D eigenvalue weighted by Crippen LogP contribution is -1.89. The minimum atomic E-state index is -0.534. The van der Waals surface area contributed by atoms with Gasteiger partial charge in [0.1, 0.15) is 5.75 Å². The number of nitro benzene ring substituents is 1. The van der Waals surface area contributed by atoms with Crippen molar-refractivity contribution in [3.63, 3.8) is 0 Å². The molecule has 2 rings (SSSR count). The molecule has 0 atom stereocenters. The predicted molar refractivity (Wildman–Crippen MR) is 56.8 cm³/mol. The summed E-state index contributed by atoms with van der Waals surface area (Å²) < 4.78 is 5.31. The molecule has 6 nitrogen and oxygen atoms in total. The van der Waals surface area contributed by atoms with Gasteiger partial charge in [0.2, 0.25) is 0 Å². The highest BCUT2D eigenvalue weighted by Gasteiger charge is 2.10. The number of aromatic amines is 1. The third-order valence-corrected chi connectivity index (χ3v) is 1.99. The average molecular weight is 240 g/mol. The number of nitro groups is 1. The maximum atomic E-state index is 10.6. The summed E-state index contributed by atoms with van der Waals surface area (Å²) in [5.74, 6) is 0.747. The van der Waals surface area contributed by atoms with Crippen LogP contribution in [0.2, 0.25) is 5.02 Å². The van der Waals surface area contributed by atoms with Gasteiger partial charge in [-0.05, 0) is 6.07 Å². The molecular formula is C9H6ClN3O3. The number of hydrogen-bond acceptors (Lipinski definition) is 4. The molecule has 0 aliphatic heterocycles. The molecule has 1 aromatic carbocycles. The minimum absolute atomic E-state index is 0.119. The van der Waals surface area contributed by atoms with E-state index in [1.165, 1.54) is 30.6 Å². The van der Waals surface area contributed by atoms with Gasteiger partial charge in [-0.2, -0.15) is 5.10 Å². The number of halogens is 1. The number of rotatable bonds is 3. The monoisotopic (exact) mass is 239 g/mol. The zero-order chi connectivity index (χ0) is 11.5. The Morgan fingerprint density at radius 2 is 2.19 bits per heavy atom. The Hall–Kier alpha value is -2.08. The molecule has 1 aromatic heterocycles. The quantitative estimate of drug-likeness (QED) is 0.660. The van der Waals surface area contributed by atoms with Gasteiger partial charge in [0.15, 0.2) is 5.75 Å². The lowest BCUT2D eigenvalue weighted by atomic mass is 10.3. The molecule has 1 N–H and O–H groups in total. The van der Waals surface area contributed by atoms with Gasteiger partial charge in [0, 0.05) is 6.07 Å². The summed E-state index contributed by atoms with van der Waals surface area (Å²) in [6.45, 7) is 0. The number of ether oxygens (including phenoxy) is 1. The molecule has 0 spiro atoms. The van der Waals surface area contributed by atoms with E-state index < -0.39 is 4.92 Å². The molecule has 0 aliphatic carbocycles. The van der Waals surface area contributed by atoms with Crippen molar-refractivity contribution >= 4 is 17.3 Å². The van der Waals surface area contributed by atoms with E-state index in [1.54, 1.807) is 0 Å². The third kappa shape index (κ3) is 2.29. The first-order valence-electron chi connectivity index (χ1n) is 4.27. The number of hydrogen-bond donors (Lipinski definition) is 1. The van der Waals surface area contributed by atoms with Gasteiger partial charge >= 0.3 is 0 Å². The van der Waals surface area contributed by atoms with Gasteiger partial charge in [0.05, 0.1) is 28.4 Å². The van der Waals surface area contributed by atoms with Crippen molar-refractivity contribution in [2.75, 3.05) is 0 Å². The number of aromatic nitrogens is 2. The molecular weight excluding hydrogens is 234 g/mol. The molecule has 82 valence electrons. The Bertz CT molecular complexity index is 513. The van der Waals surface area contributed by atoms with Crippen molar-refractivity contribution in [2.45, 2.75) is 0 Å². The Kier molecular flexibility index (Phi) is 2.74. The highest BCUT2D eigenvalue weighted by molar-refractivity contribution is 6.30. The van der Waals surface area contributed by atoms with E-state index in [9.17, 15) is 10.1 Å². The summed E-state index contributed by atoms with van der Waals surface area (Å²) in [6.07, 6.45) is 2.97. The predicted octanol–water partition coefficient (Wildman–Crippen LogP) is 2.76. The van der Waals surface area contributed by atoms with Gasteiger partial charge in [-0.1, -0.05) is 11.6 Å². The molecule has 0 saturated carbocycles. The average Bonchev–Trinajstić information content (AvgIpc) is 2.69. The smallest absolute Gasteiger partial charge is 0.274 e. The fourth-order valence-electron chi connectivity index (χ4n) is 1.14. The number of H-pyrrole nitrogens is 1. The maximum absolute atomic E-state index is 10.6. The van der Waals surface area contributed by atoms with Crippen LogP contribution in [0.3, 0.4) is 0 Å². The van der Waals surface area contributed by atoms with Gasteiger partial charge in [0.25, 0.3) is 5.69 Å². The van der Waals surface area contributed by atoms with Gasteiger partial charge in [-0.15, -0.1) is 0 Å². The molecule has 0 saturated heterocycles. The molecule has 0 radical (unpaired) electrons. The van der Waals surface area contributed by atoms with E-state index in [4.69, 9.17) is 16.3 Å². The topological polar surface area (TPSA) is 81.1 Å². The summed E-state index contributed by atoms with van der Waals surface area (Å²) in [6, 6.07) is 4.03. The summed E-state index contributed by atoms with van der Waals surface area (Å²) in [7, 11) is 0. The second kappa shape index (κ2) is 4.19. The van der Waals surface area contributed by atoms with Crippen LogP contribution in [0.1, 0.15) is 0 Å². The lowest BCUT2D eigenvalue weighted by Gasteiger charge is -2.02. The Labute approximate surface area is 95.0 Å². The SMILES string of the molecule is O=[N+]([O-])c1cc(Cl)cc(Oc2cn[nH]c2)c1. The van der Waals surface area contributed by atoms with Gasteiger partial charge in [-0.3, -0.25) is 15.2 Å². The number of non-ortho nitro benzene ring substituents is 1. The van der Waals surface area contributed by atoms with E-state index >= 15 is 0 Å². The molecule has 0 aliphatic rings. The number of benzene rings is 1. The van der Waals surface area contributed by atoms with E-state index in [0.717, 1.165) is 0 Å². The summed E-state index contributed by atoms with van der Waals surface area (Å²) in [5, 5.41) is 17.1. The van der Waals surface area contributed by atoms with Crippen LogP contribution in [0.15, 0.2) is 30.6 Å². The second-order valence-corrected chi connectivity index (χ2v) is 3.37. The molecule has 0 unspecified atom stereocenters. The van der Waals surface area contributed by atoms with Crippen molar-refractivity contribution in [1.82, 2.24) is 10.2 Å². The molecule has 1 heterocycles. The summed E-state index contributed by atoms with van der Waals surface area (Å²) in [5.41, 5.74) is -0.119. The van der Waals surface area contributed by atoms with Crippen molar-refractivity contribution in [2.24, 2.45) is 0 Å². The van der Waals surface area contributed by atoms with Crippen LogP contribution in [-0.2, 0) is 0 Å². The van der Waals surface area contributed by atoms with Gasteiger partial charge in [-0.25, -0.2) is 0 Å². The van der Waals surface area contributed by atoms with E-state index in [-0.39, 0.29) is 10.7 Å². The Morgan fingerprint density at radius 3 is 2.81 bits per heavy atom. The summed E-state index contributed by atoms with van der Waals surface area (Å²) in [4.78, 5) is 10.0. The molecule has 0 amide bonds. The lowest BCUT2D eigenvalue weighted by molar-refractivity contribution is -0.384. The van der Waals surface area contributed by atoms with Crippen LogP contribution in [0.5, 0.6) is 11.5 Å². The van der Waals surface area contributed by atoms with E-state index in [1.807, 2.05) is 0 Å². The minimum Gasteiger partial charge on any atom is -0.454 e. The van der Waals surface area contributed by atoms with Crippen LogP contribution in [-0.4, -0.2) is 15.1 Å². The zero-order valence-electron chi connectivity index (χ0n) is 7.88. The Balaban J connectivity index is 2.31.